The highest BCUT2D eigenvalue weighted by Crippen LogP contribution is 2.11. The van der Waals surface area contributed by atoms with Crippen molar-refractivity contribution < 1.29 is 23.1 Å². The maximum absolute atomic E-state index is 11.6. The molecule has 1 saturated heterocycles. The van der Waals surface area contributed by atoms with Crippen LogP contribution in [0.25, 0.3) is 0 Å². The van der Waals surface area contributed by atoms with Crippen molar-refractivity contribution in [3.05, 3.63) is 0 Å². The zero-order chi connectivity index (χ0) is 14.6. The maximum Gasteiger partial charge on any atom is 0.326 e. The van der Waals surface area contributed by atoms with Gasteiger partial charge in [-0.25, -0.2) is 18.0 Å². The average Bonchev–Trinajstić information content (AvgIpc) is 2.56. The zero-order valence-corrected chi connectivity index (χ0v) is 11.9. The molecule has 2 amide bonds. The number of carbonyl (C=O) groups excluding carboxylic acids is 1. The molecule has 2 atom stereocenters. The summed E-state index contributed by atoms with van der Waals surface area (Å²) in [5.74, 6) is -0.981. The van der Waals surface area contributed by atoms with Crippen LogP contribution in [0.4, 0.5) is 4.79 Å². The molecule has 7 nitrogen and oxygen atoms in total. The van der Waals surface area contributed by atoms with Crippen LogP contribution >= 0.6 is 0 Å². The number of urea groups is 1. The SMILES string of the molecule is CC(C)C[C@@H](NC(=O)NC1CCS(=O)(=O)C1)C(=O)O. The van der Waals surface area contributed by atoms with E-state index in [0.717, 1.165) is 0 Å². The summed E-state index contributed by atoms with van der Waals surface area (Å²) in [6.45, 7) is 3.72. The number of rotatable bonds is 5. The predicted molar refractivity (Wildman–Crippen MR) is 69.6 cm³/mol. The number of amides is 2. The Labute approximate surface area is 112 Å². The Hall–Kier alpha value is -1.31. The molecule has 0 aromatic heterocycles. The quantitative estimate of drug-likeness (QED) is 0.659. The number of carbonyl (C=O) groups is 2. The second kappa shape index (κ2) is 6.23. The number of hydrogen-bond acceptors (Lipinski definition) is 4. The van der Waals surface area contributed by atoms with Crippen molar-refractivity contribution in [2.24, 2.45) is 5.92 Å². The lowest BCUT2D eigenvalue weighted by Crippen LogP contribution is -2.49. The van der Waals surface area contributed by atoms with E-state index in [1.54, 1.807) is 0 Å². The molecule has 8 heteroatoms. The van der Waals surface area contributed by atoms with E-state index in [1.165, 1.54) is 0 Å². The first-order chi connectivity index (χ1) is 8.69. The molecule has 0 saturated carbocycles. The second-order valence-electron chi connectivity index (χ2n) is 5.24. The molecule has 110 valence electrons. The topological polar surface area (TPSA) is 113 Å². The van der Waals surface area contributed by atoms with Crippen LogP contribution in [0.2, 0.25) is 0 Å². The van der Waals surface area contributed by atoms with Crippen molar-refractivity contribution in [2.75, 3.05) is 11.5 Å². The molecule has 1 aliphatic rings. The van der Waals surface area contributed by atoms with Gasteiger partial charge >= 0.3 is 12.0 Å². The molecule has 19 heavy (non-hydrogen) atoms. The minimum atomic E-state index is -3.06. The maximum atomic E-state index is 11.6. The Morgan fingerprint density at radius 2 is 2.00 bits per heavy atom. The van der Waals surface area contributed by atoms with Gasteiger partial charge in [-0.1, -0.05) is 13.8 Å². The number of carboxylic acids is 1. The minimum Gasteiger partial charge on any atom is -0.480 e. The molecular formula is C11H20N2O5S. The van der Waals surface area contributed by atoms with Crippen LogP contribution in [0.15, 0.2) is 0 Å². The first-order valence-electron chi connectivity index (χ1n) is 6.20. The fourth-order valence-corrected chi connectivity index (χ4v) is 3.66. The number of nitrogens with one attached hydrogen (secondary N) is 2. The van der Waals surface area contributed by atoms with Crippen molar-refractivity contribution in [1.29, 1.82) is 0 Å². The summed E-state index contributed by atoms with van der Waals surface area (Å²) in [4.78, 5) is 22.6. The molecule has 1 aliphatic heterocycles. The van der Waals surface area contributed by atoms with E-state index in [9.17, 15) is 18.0 Å². The van der Waals surface area contributed by atoms with Gasteiger partial charge in [-0.3, -0.25) is 0 Å². The molecule has 1 fully saturated rings. The molecule has 1 rings (SSSR count). The Morgan fingerprint density at radius 3 is 2.42 bits per heavy atom. The molecule has 0 aromatic rings. The predicted octanol–water partition coefficient (Wildman–Crippen LogP) is -0.0280. The molecule has 3 N–H and O–H groups in total. The second-order valence-corrected chi connectivity index (χ2v) is 7.47. The lowest BCUT2D eigenvalue weighted by molar-refractivity contribution is -0.139. The van der Waals surface area contributed by atoms with Gasteiger partial charge in [0, 0.05) is 6.04 Å². The van der Waals surface area contributed by atoms with Gasteiger partial charge in [0.05, 0.1) is 11.5 Å². The van der Waals surface area contributed by atoms with Gasteiger partial charge in [-0.05, 0) is 18.8 Å². The highest BCUT2D eigenvalue weighted by atomic mass is 32.2. The smallest absolute Gasteiger partial charge is 0.326 e. The van der Waals surface area contributed by atoms with Crippen LogP contribution in [0.5, 0.6) is 0 Å². The summed E-state index contributed by atoms with van der Waals surface area (Å²) in [6, 6.07) is -2.02. The van der Waals surface area contributed by atoms with Crippen molar-refractivity contribution in [1.82, 2.24) is 10.6 Å². The fraction of sp³-hybridized carbons (Fsp3) is 0.818. The van der Waals surface area contributed by atoms with Crippen LogP contribution in [-0.4, -0.2) is 49.1 Å². The van der Waals surface area contributed by atoms with E-state index < -0.39 is 33.9 Å². The number of hydrogen-bond donors (Lipinski definition) is 3. The summed E-state index contributed by atoms with van der Waals surface area (Å²) >= 11 is 0. The van der Waals surface area contributed by atoms with Crippen molar-refractivity contribution in [3.63, 3.8) is 0 Å². The molecule has 0 aromatic carbocycles. The fourth-order valence-electron chi connectivity index (χ4n) is 1.99. The molecule has 0 bridgehead atoms. The Balaban J connectivity index is 2.47. The highest BCUT2D eigenvalue weighted by Gasteiger charge is 2.30. The largest absolute Gasteiger partial charge is 0.480 e. The average molecular weight is 292 g/mol. The standard InChI is InChI=1S/C11H20N2O5S/c1-7(2)5-9(10(14)15)13-11(16)12-8-3-4-19(17,18)6-8/h7-9H,3-6H2,1-2H3,(H,14,15)(H2,12,13,16)/t8?,9-/m1/s1. The number of aliphatic carboxylic acids is 1. The third-order valence-electron chi connectivity index (χ3n) is 2.88. The van der Waals surface area contributed by atoms with Crippen LogP contribution in [0.1, 0.15) is 26.7 Å². The molecule has 1 unspecified atom stereocenters. The van der Waals surface area contributed by atoms with E-state index in [1.807, 2.05) is 13.8 Å². The van der Waals surface area contributed by atoms with Gasteiger partial charge in [0.15, 0.2) is 9.84 Å². The van der Waals surface area contributed by atoms with E-state index in [2.05, 4.69) is 10.6 Å². The van der Waals surface area contributed by atoms with E-state index in [-0.39, 0.29) is 17.4 Å². The number of carboxylic acid groups (broad SMARTS) is 1. The van der Waals surface area contributed by atoms with Gasteiger partial charge in [0.1, 0.15) is 6.04 Å². The van der Waals surface area contributed by atoms with Crippen molar-refractivity contribution >= 4 is 21.8 Å². The van der Waals surface area contributed by atoms with Gasteiger partial charge < -0.3 is 15.7 Å². The van der Waals surface area contributed by atoms with Gasteiger partial charge in [0.25, 0.3) is 0 Å². The van der Waals surface area contributed by atoms with Crippen LogP contribution in [0, 0.1) is 5.92 Å². The Bertz CT molecular complexity index is 446. The van der Waals surface area contributed by atoms with Crippen LogP contribution in [0.3, 0.4) is 0 Å². The Kier molecular flexibility index (Phi) is 5.16. The monoisotopic (exact) mass is 292 g/mol. The molecule has 0 aliphatic carbocycles. The number of sulfone groups is 1. The van der Waals surface area contributed by atoms with E-state index >= 15 is 0 Å². The molecule has 0 spiro atoms. The summed E-state index contributed by atoms with van der Waals surface area (Å²) in [5, 5.41) is 13.8. The van der Waals surface area contributed by atoms with Gasteiger partial charge in [-0.2, -0.15) is 0 Å². The third-order valence-corrected chi connectivity index (χ3v) is 4.65. The lowest BCUT2D eigenvalue weighted by Gasteiger charge is -2.18. The third kappa shape index (κ3) is 5.46. The van der Waals surface area contributed by atoms with Gasteiger partial charge in [0.2, 0.25) is 0 Å². The summed E-state index contributed by atoms with van der Waals surface area (Å²) in [6.07, 6.45) is 0.698. The van der Waals surface area contributed by atoms with Crippen molar-refractivity contribution in [2.45, 2.75) is 38.8 Å². The summed E-state index contributed by atoms with van der Waals surface area (Å²) in [7, 11) is -3.06. The Morgan fingerprint density at radius 1 is 1.37 bits per heavy atom. The molecule has 1 heterocycles. The first kappa shape index (κ1) is 15.7. The lowest BCUT2D eigenvalue weighted by atomic mass is 10.0. The zero-order valence-electron chi connectivity index (χ0n) is 11.0. The van der Waals surface area contributed by atoms with E-state index in [0.29, 0.717) is 12.8 Å². The van der Waals surface area contributed by atoms with E-state index in [4.69, 9.17) is 5.11 Å². The van der Waals surface area contributed by atoms with Crippen LogP contribution < -0.4 is 10.6 Å². The molecular weight excluding hydrogens is 272 g/mol. The van der Waals surface area contributed by atoms with Crippen LogP contribution in [-0.2, 0) is 14.6 Å². The summed E-state index contributed by atoms with van der Waals surface area (Å²) < 4.78 is 22.5. The van der Waals surface area contributed by atoms with Crippen molar-refractivity contribution in [3.8, 4) is 0 Å². The van der Waals surface area contributed by atoms with Gasteiger partial charge in [-0.15, -0.1) is 0 Å². The normalized spacial score (nSPS) is 23.0. The highest BCUT2D eigenvalue weighted by molar-refractivity contribution is 7.91. The summed E-state index contributed by atoms with van der Waals surface area (Å²) in [5.41, 5.74) is 0. The molecule has 0 radical (unpaired) electrons. The first-order valence-corrected chi connectivity index (χ1v) is 8.02. The minimum absolute atomic E-state index is 0.0618.